The van der Waals surface area contributed by atoms with Crippen LogP contribution in [0.5, 0.6) is 0 Å². The quantitative estimate of drug-likeness (QED) is 0.521. The number of hydrogen-bond acceptors (Lipinski definition) is 2. The van der Waals surface area contributed by atoms with Crippen LogP contribution in [0.1, 0.15) is 19.8 Å². The zero-order chi connectivity index (χ0) is 15.1. The summed E-state index contributed by atoms with van der Waals surface area (Å²) < 4.78 is 2.27. The second kappa shape index (κ2) is 5.25. The van der Waals surface area contributed by atoms with Crippen LogP contribution in [-0.2, 0) is 6.54 Å². The van der Waals surface area contributed by atoms with Crippen LogP contribution in [0.3, 0.4) is 0 Å². The van der Waals surface area contributed by atoms with Gasteiger partial charge in [-0.25, -0.2) is 9.97 Å². The predicted octanol–water partition coefficient (Wildman–Crippen LogP) is 5.19. The fourth-order valence-corrected chi connectivity index (χ4v) is 3.12. The van der Waals surface area contributed by atoms with Crippen molar-refractivity contribution in [3.8, 4) is 0 Å². The number of para-hydroxylation sites is 2. The lowest BCUT2D eigenvalue weighted by Gasteiger charge is -2.05. The summed E-state index contributed by atoms with van der Waals surface area (Å²) >= 11 is 6.19. The fraction of sp³-hybridized carbons (Fsp3) is 0.222. The summed E-state index contributed by atoms with van der Waals surface area (Å²) in [4.78, 5) is 9.69. The minimum atomic E-state index is 0.733. The third-order valence-corrected chi connectivity index (χ3v) is 4.28. The molecule has 0 N–H and O–H groups in total. The molecule has 4 heteroatoms. The molecule has 0 atom stereocenters. The molecule has 0 aliphatic rings. The van der Waals surface area contributed by atoms with Crippen molar-refractivity contribution < 1.29 is 0 Å². The van der Waals surface area contributed by atoms with Gasteiger partial charge in [-0.3, -0.25) is 0 Å². The topological polar surface area (TPSA) is 30.7 Å². The zero-order valence-electron chi connectivity index (χ0n) is 12.4. The summed E-state index contributed by atoms with van der Waals surface area (Å²) in [6.07, 6.45) is 2.27. The Hall–Kier alpha value is -2.13. The minimum Gasteiger partial charge on any atom is -0.324 e. The predicted molar refractivity (Wildman–Crippen MR) is 92.5 cm³/mol. The van der Waals surface area contributed by atoms with Gasteiger partial charge in [-0.05, 0) is 36.8 Å². The van der Waals surface area contributed by atoms with Gasteiger partial charge in [-0.2, -0.15) is 0 Å². The van der Waals surface area contributed by atoms with Crippen molar-refractivity contribution >= 4 is 44.7 Å². The maximum absolute atomic E-state index is 6.19. The van der Waals surface area contributed by atoms with Gasteiger partial charge in [-0.15, -0.1) is 0 Å². The molecule has 2 aromatic carbocycles. The molecule has 0 bridgehead atoms. The molecule has 0 aliphatic carbocycles. The van der Waals surface area contributed by atoms with Crippen molar-refractivity contribution in [3.63, 3.8) is 0 Å². The Balaban J connectivity index is 2.13. The van der Waals surface area contributed by atoms with Gasteiger partial charge < -0.3 is 4.57 Å². The highest BCUT2D eigenvalue weighted by Gasteiger charge is 2.14. The number of aromatic nitrogens is 3. The van der Waals surface area contributed by atoms with E-state index >= 15 is 0 Å². The Kier molecular flexibility index (Phi) is 3.23. The molecule has 2 aromatic heterocycles. The van der Waals surface area contributed by atoms with Crippen molar-refractivity contribution in [2.75, 3.05) is 0 Å². The summed E-state index contributed by atoms with van der Waals surface area (Å²) in [5.74, 6) is 0. The number of hydrogen-bond donors (Lipinski definition) is 0. The van der Waals surface area contributed by atoms with Crippen LogP contribution >= 0.6 is 11.6 Å². The van der Waals surface area contributed by atoms with Gasteiger partial charge in [0.2, 0.25) is 0 Å². The molecule has 0 amide bonds. The molecule has 0 unspecified atom stereocenters. The molecule has 0 saturated carbocycles. The standard InChI is InChI=1S/C18H16ClN3/c1-2-3-10-22-16-9-8-12(19)11-13(16)17-18(22)21-15-7-5-4-6-14(15)20-17/h4-9,11H,2-3,10H2,1H3. The Labute approximate surface area is 133 Å². The van der Waals surface area contributed by atoms with Crippen LogP contribution in [0.15, 0.2) is 42.5 Å². The largest absolute Gasteiger partial charge is 0.324 e. The second-order valence-corrected chi connectivity index (χ2v) is 5.99. The lowest BCUT2D eigenvalue weighted by Crippen LogP contribution is -1.99. The van der Waals surface area contributed by atoms with E-state index in [4.69, 9.17) is 21.6 Å². The van der Waals surface area contributed by atoms with Crippen LogP contribution in [0, 0.1) is 0 Å². The van der Waals surface area contributed by atoms with Crippen molar-refractivity contribution in [2.24, 2.45) is 0 Å². The first-order valence-electron chi connectivity index (χ1n) is 7.62. The molecule has 0 aliphatic heterocycles. The Bertz CT molecular complexity index is 988. The van der Waals surface area contributed by atoms with E-state index < -0.39 is 0 Å². The second-order valence-electron chi connectivity index (χ2n) is 5.55. The molecule has 0 radical (unpaired) electrons. The van der Waals surface area contributed by atoms with Gasteiger partial charge in [0.15, 0.2) is 5.65 Å². The summed E-state index contributed by atoms with van der Waals surface area (Å²) in [7, 11) is 0. The van der Waals surface area contributed by atoms with Crippen LogP contribution in [0.25, 0.3) is 33.1 Å². The van der Waals surface area contributed by atoms with Gasteiger partial charge >= 0.3 is 0 Å². The number of nitrogens with zero attached hydrogens (tertiary/aromatic N) is 3. The molecule has 4 rings (SSSR count). The van der Waals surface area contributed by atoms with Crippen molar-refractivity contribution in [2.45, 2.75) is 26.3 Å². The van der Waals surface area contributed by atoms with E-state index in [0.717, 1.165) is 57.5 Å². The number of benzene rings is 2. The van der Waals surface area contributed by atoms with E-state index in [9.17, 15) is 0 Å². The summed E-state index contributed by atoms with van der Waals surface area (Å²) in [6, 6.07) is 14.0. The molecule has 0 spiro atoms. The highest BCUT2D eigenvalue weighted by Crippen LogP contribution is 2.30. The number of fused-ring (bicyclic) bond motifs is 4. The average molecular weight is 310 g/mol. The first-order valence-corrected chi connectivity index (χ1v) is 8.00. The lowest BCUT2D eigenvalue weighted by molar-refractivity contribution is 0.661. The van der Waals surface area contributed by atoms with E-state index in [0.29, 0.717) is 0 Å². The van der Waals surface area contributed by atoms with Gasteiger partial charge in [0, 0.05) is 17.0 Å². The SMILES string of the molecule is CCCCn1c2ccc(Cl)cc2c2nc3ccccc3nc21. The summed E-state index contributed by atoms with van der Waals surface area (Å²) in [5.41, 5.74) is 4.89. The maximum Gasteiger partial charge on any atom is 0.160 e. The Morgan fingerprint density at radius 2 is 1.82 bits per heavy atom. The molecular weight excluding hydrogens is 294 g/mol. The number of halogens is 1. The lowest BCUT2D eigenvalue weighted by atomic mass is 10.2. The summed E-state index contributed by atoms with van der Waals surface area (Å²) in [6.45, 7) is 3.15. The highest BCUT2D eigenvalue weighted by atomic mass is 35.5. The van der Waals surface area contributed by atoms with Crippen molar-refractivity contribution in [1.29, 1.82) is 0 Å². The zero-order valence-corrected chi connectivity index (χ0v) is 13.1. The van der Waals surface area contributed by atoms with E-state index in [-0.39, 0.29) is 0 Å². The molecule has 2 heterocycles. The molecule has 110 valence electrons. The molecular formula is C18H16ClN3. The maximum atomic E-state index is 6.19. The van der Waals surface area contributed by atoms with Gasteiger partial charge in [0.05, 0.1) is 16.6 Å². The van der Waals surface area contributed by atoms with Crippen molar-refractivity contribution in [1.82, 2.24) is 14.5 Å². The van der Waals surface area contributed by atoms with Crippen LogP contribution in [0.4, 0.5) is 0 Å². The Morgan fingerprint density at radius 3 is 2.59 bits per heavy atom. The van der Waals surface area contributed by atoms with E-state index in [1.807, 2.05) is 36.4 Å². The van der Waals surface area contributed by atoms with Crippen molar-refractivity contribution in [3.05, 3.63) is 47.5 Å². The minimum absolute atomic E-state index is 0.733. The van der Waals surface area contributed by atoms with Gasteiger partial charge in [-0.1, -0.05) is 37.1 Å². The van der Waals surface area contributed by atoms with Gasteiger partial charge in [0.1, 0.15) is 5.52 Å². The first-order chi connectivity index (χ1) is 10.8. The number of unbranched alkanes of at least 4 members (excludes halogenated alkanes) is 1. The fourth-order valence-electron chi connectivity index (χ4n) is 2.95. The monoisotopic (exact) mass is 309 g/mol. The van der Waals surface area contributed by atoms with E-state index in [2.05, 4.69) is 17.6 Å². The normalized spacial score (nSPS) is 11.7. The Morgan fingerprint density at radius 1 is 1.05 bits per heavy atom. The molecule has 3 nitrogen and oxygen atoms in total. The van der Waals surface area contributed by atoms with Crippen LogP contribution < -0.4 is 0 Å². The molecule has 0 saturated heterocycles. The van der Waals surface area contributed by atoms with Crippen LogP contribution in [0.2, 0.25) is 5.02 Å². The van der Waals surface area contributed by atoms with E-state index in [1.165, 1.54) is 0 Å². The smallest absolute Gasteiger partial charge is 0.160 e. The molecule has 4 aromatic rings. The first kappa shape index (κ1) is 13.5. The molecule has 0 fully saturated rings. The number of rotatable bonds is 3. The third kappa shape index (κ3) is 2.04. The third-order valence-electron chi connectivity index (χ3n) is 4.05. The number of aryl methyl sites for hydroxylation is 1. The molecule has 22 heavy (non-hydrogen) atoms. The highest BCUT2D eigenvalue weighted by molar-refractivity contribution is 6.31. The van der Waals surface area contributed by atoms with E-state index in [1.54, 1.807) is 0 Å². The summed E-state index contributed by atoms with van der Waals surface area (Å²) in [5, 5.41) is 1.81. The van der Waals surface area contributed by atoms with Gasteiger partial charge in [0.25, 0.3) is 0 Å². The average Bonchev–Trinajstić information content (AvgIpc) is 2.83. The van der Waals surface area contributed by atoms with Crippen LogP contribution in [-0.4, -0.2) is 14.5 Å².